The number of likely N-dealkylation sites (tertiary alicyclic amines) is 1. The lowest BCUT2D eigenvalue weighted by Crippen LogP contribution is -2.45. The Balaban J connectivity index is 1.09. The van der Waals surface area contributed by atoms with Crippen molar-refractivity contribution < 1.29 is 19.0 Å². The van der Waals surface area contributed by atoms with E-state index in [-0.39, 0.29) is 18.0 Å². The minimum absolute atomic E-state index is 0.0659. The smallest absolute Gasteiger partial charge is 0.254 e. The Labute approximate surface area is 174 Å². The minimum Gasteiger partial charge on any atom is -0.464 e. The number of piperidine rings is 1. The van der Waals surface area contributed by atoms with E-state index in [0.717, 1.165) is 37.2 Å². The molecule has 2 atom stereocenters. The molecular formula is C24H25FN2O3. The number of amides is 1. The van der Waals surface area contributed by atoms with Gasteiger partial charge in [0, 0.05) is 24.7 Å². The number of nitrogens with zero attached hydrogens (tertiary/aromatic N) is 1. The van der Waals surface area contributed by atoms with Crippen molar-refractivity contribution in [3.63, 3.8) is 0 Å². The van der Waals surface area contributed by atoms with Crippen LogP contribution in [0, 0.1) is 11.2 Å². The maximum atomic E-state index is 13.4. The number of nitrogens with one attached hydrogen (secondary N) is 1. The number of hydrogen-bond acceptors (Lipinski definition) is 4. The number of halogens is 1. The Morgan fingerprint density at radius 2 is 1.77 bits per heavy atom. The van der Waals surface area contributed by atoms with E-state index in [9.17, 15) is 14.3 Å². The molecule has 1 unspecified atom stereocenters. The molecule has 0 aromatic heterocycles. The molecule has 1 spiro atoms. The third-order valence-electron chi connectivity index (χ3n) is 7.47. The highest BCUT2D eigenvalue weighted by molar-refractivity contribution is 5.87. The molecular weight excluding hydrogens is 383 g/mol. The molecule has 6 rings (SSSR count). The third kappa shape index (κ3) is 2.88. The predicted molar refractivity (Wildman–Crippen MR) is 110 cm³/mol. The van der Waals surface area contributed by atoms with Gasteiger partial charge in [-0.3, -0.25) is 4.79 Å². The summed E-state index contributed by atoms with van der Waals surface area (Å²) in [5, 5.41) is 13.4. The van der Waals surface area contributed by atoms with Gasteiger partial charge in [0.05, 0.1) is 5.69 Å². The van der Waals surface area contributed by atoms with E-state index in [2.05, 4.69) is 29.6 Å². The molecule has 2 aromatic rings. The molecule has 4 aliphatic rings. The van der Waals surface area contributed by atoms with Crippen molar-refractivity contribution in [1.82, 2.24) is 4.90 Å². The summed E-state index contributed by atoms with van der Waals surface area (Å²) in [4.78, 5) is 14.2. The Bertz CT molecular complexity index is 1010. The number of aliphatic hydroxyl groups is 1. The van der Waals surface area contributed by atoms with E-state index in [1.807, 2.05) is 4.90 Å². The molecule has 2 saturated carbocycles. The highest BCUT2D eigenvalue weighted by Gasteiger charge is 2.57. The van der Waals surface area contributed by atoms with E-state index in [1.54, 1.807) is 6.07 Å². The maximum absolute atomic E-state index is 13.4. The first kappa shape index (κ1) is 18.2. The van der Waals surface area contributed by atoms with Gasteiger partial charge in [-0.2, -0.15) is 0 Å². The van der Waals surface area contributed by atoms with Crippen LogP contribution in [0.15, 0.2) is 42.5 Å². The molecule has 1 saturated heterocycles. The molecule has 2 N–H and O–H groups in total. The number of benzene rings is 2. The second kappa shape index (κ2) is 6.20. The minimum atomic E-state index is -1.05. The number of ether oxygens (including phenoxy) is 1. The molecule has 0 radical (unpaired) electrons. The van der Waals surface area contributed by atoms with Gasteiger partial charge in [-0.1, -0.05) is 24.3 Å². The lowest BCUT2D eigenvalue weighted by molar-refractivity contribution is -0.144. The molecule has 3 fully saturated rings. The number of anilines is 1. The van der Waals surface area contributed by atoms with Crippen LogP contribution in [0.2, 0.25) is 0 Å². The lowest BCUT2D eigenvalue weighted by Gasteiger charge is -2.34. The summed E-state index contributed by atoms with van der Waals surface area (Å²) in [5.41, 5.74) is 2.42. The van der Waals surface area contributed by atoms with Crippen LogP contribution in [0.25, 0.3) is 0 Å². The largest absolute Gasteiger partial charge is 0.464 e. The van der Waals surface area contributed by atoms with Crippen LogP contribution >= 0.6 is 0 Å². The van der Waals surface area contributed by atoms with Crippen LogP contribution in [0.4, 0.5) is 10.1 Å². The molecule has 156 valence electrons. The van der Waals surface area contributed by atoms with E-state index in [0.29, 0.717) is 29.9 Å². The topological polar surface area (TPSA) is 61.8 Å². The summed E-state index contributed by atoms with van der Waals surface area (Å²) >= 11 is 0. The highest BCUT2D eigenvalue weighted by Crippen LogP contribution is 2.65. The van der Waals surface area contributed by atoms with Crippen LogP contribution in [0.1, 0.15) is 55.4 Å². The first-order valence-corrected chi connectivity index (χ1v) is 10.8. The van der Waals surface area contributed by atoms with Gasteiger partial charge < -0.3 is 20.1 Å². The molecule has 5 nitrogen and oxygen atoms in total. The molecule has 2 aromatic carbocycles. The molecule has 2 aliphatic heterocycles. The summed E-state index contributed by atoms with van der Waals surface area (Å²) in [6.07, 6.45) is 4.11. The van der Waals surface area contributed by atoms with Crippen molar-refractivity contribution in [3.8, 4) is 5.75 Å². The zero-order chi connectivity index (χ0) is 20.5. The van der Waals surface area contributed by atoms with E-state index < -0.39 is 5.60 Å². The molecule has 2 aliphatic carbocycles. The predicted octanol–water partition coefficient (Wildman–Crippen LogP) is 3.95. The van der Waals surface area contributed by atoms with Crippen molar-refractivity contribution in [3.05, 3.63) is 59.4 Å². The molecule has 6 heteroatoms. The fourth-order valence-electron chi connectivity index (χ4n) is 5.22. The van der Waals surface area contributed by atoms with Gasteiger partial charge in [0.25, 0.3) is 5.91 Å². The van der Waals surface area contributed by atoms with Crippen molar-refractivity contribution >= 4 is 11.6 Å². The number of carbonyl (C=O) groups is 1. The fourth-order valence-corrected chi connectivity index (χ4v) is 5.22. The van der Waals surface area contributed by atoms with E-state index in [1.165, 1.54) is 24.1 Å². The molecule has 30 heavy (non-hydrogen) atoms. The van der Waals surface area contributed by atoms with Crippen LogP contribution in [0.5, 0.6) is 5.75 Å². The Morgan fingerprint density at radius 3 is 2.47 bits per heavy atom. The average molecular weight is 408 g/mol. The van der Waals surface area contributed by atoms with Gasteiger partial charge in [-0.15, -0.1) is 0 Å². The quantitative estimate of drug-likeness (QED) is 0.807. The van der Waals surface area contributed by atoms with Gasteiger partial charge >= 0.3 is 0 Å². The van der Waals surface area contributed by atoms with Crippen LogP contribution in [-0.2, 0) is 4.79 Å². The summed E-state index contributed by atoms with van der Waals surface area (Å²) in [7, 11) is 0. The van der Waals surface area contributed by atoms with Crippen LogP contribution in [-0.4, -0.2) is 34.6 Å². The number of rotatable bonds is 3. The zero-order valence-corrected chi connectivity index (χ0v) is 16.7. The van der Waals surface area contributed by atoms with Crippen molar-refractivity contribution in [2.45, 2.75) is 49.9 Å². The van der Waals surface area contributed by atoms with Gasteiger partial charge in [0.15, 0.2) is 6.23 Å². The third-order valence-corrected chi connectivity index (χ3v) is 7.47. The maximum Gasteiger partial charge on any atom is 0.254 e. The van der Waals surface area contributed by atoms with Gasteiger partial charge in [0.2, 0.25) is 0 Å². The number of carbonyl (C=O) groups excluding carboxylic acids is 1. The summed E-state index contributed by atoms with van der Waals surface area (Å²) in [6.45, 7) is 1.51. The van der Waals surface area contributed by atoms with Crippen molar-refractivity contribution in [2.24, 2.45) is 5.41 Å². The zero-order valence-electron chi connectivity index (χ0n) is 16.7. The SMILES string of the molecule is O=C(N1CCC2(CC1)C[C@@H]2c1ccc(C2Nc3ccc(F)cc3O2)cc1)C1(O)CC1. The molecule has 0 bridgehead atoms. The van der Waals surface area contributed by atoms with Crippen LogP contribution < -0.4 is 10.1 Å². The second-order valence-corrected chi connectivity index (χ2v) is 9.39. The van der Waals surface area contributed by atoms with Crippen molar-refractivity contribution in [1.29, 1.82) is 0 Å². The molecule has 1 amide bonds. The normalized spacial score (nSPS) is 27.2. The van der Waals surface area contributed by atoms with Gasteiger partial charge in [-0.05, 0) is 61.1 Å². The van der Waals surface area contributed by atoms with Gasteiger partial charge in [0.1, 0.15) is 17.2 Å². The lowest BCUT2D eigenvalue weighted by atomic mass is 9.88. The standard InChI is InChI=1S/C24H25FN2O3/c25-17-5-6-19-20(13-17)30-21(26-19)16-3-1-15(2-4-16)18-14-23(18)9-11-27(12-10-23)22(28)24(29)7-8-24/h1-6,13,18,21,26,29H,7-12,14H2/t18-,21?/m1/s1. The monoisotopic (exact) mass is 408 g/mol. The summed E-state index contributed by atoms with van der Waals surface area (Å²) < 4.78 is 19.3. The van der Waals surface area contributed by atoms with Gasteiger partial charge in [-0.25, -0.2) is 4.39 Å². The first-order valence-electron chi connectivity index (χ1n) is 10.8. The second-order valence-electron chi connectivity index (χ2n) is 9.39. The number of fused-ring (bicyclic) bond motifs is 1. The summed E-state index contributed by atoms with van der Waals surface area (Å²) in [6, 6.07) is 13.1. The highest BCUT2D eigenvalue weighted by atomic mass is 19.1. The van der Waals surface area contributed by atoms with Crippen molar-refractivity contribution in [2.75, 3.05) is 18.4 Å². The Kier molecular flexibility index (Phi) is 3.76. The Hall–Kier alpha value is -2.60. The van der Waals surface area contributed by atoms with E-state index in [4.69, 9.17) is 4.74 Å². The fraction of sp³-hybridized carbons (Fsp3) is 0.458. The first-order chi connectivity index (χ1) is 14.5. The van der Waals surface area contributed by atoms with E-state index >= 15 is 0 Å². The summed E-state index contributed by atoms with van der Waals surface area (Å²) in [5.74, 6) is 0.715. The average Bonchev–Trinajstić information content (AvgIpc) is 3.63. The van der Waals surface area contributed by atoms with Crippen LogP contribution in [0.3, 0.4) is 0 Å². The Morgan fingerprint density at radius 1 is 1.07 bits per heavy atom. The number of hydrogen-bond donors (Lipinski definition) is 2. The molecule has 2 heterocycles.